The standard InChI is InChI=1S/C12H21NO/c1-12(2,3)7-4-5-11(13)10-6-8-14-9-10/h10-11H,5-6,8-9,13H2,1-3H3. The van der Waals surface area contributed by atoms with Crippen LogP contribution in [0.2, 0.25) is 0 Å². The molecule has 0 aromatic carbocycles. The normalized spacial score (nSPS) is 24.1. The van der Waals surface area contributed by atoms with E-state index in [9.17, 15) is 0 Å². The van der Waals surface area contributed by atoms with Gasteiger partial charge in [-0.25, -0.2) is 0 Å². The quantitative estimate of drug-likeness (QED) is 0.682. The molecule has 0 aliphatic carbocycles. The zero-order valence-corrected chi connectivity index (χ0v) is 9.47. The Bertz CT molecular complexity index is 225. The summed E-state index contributed by atoms with van der Waals surface area (Å²) >= 11 is 0. The fourth-order valence-electron chi connectivity index (χ4n) is 1.49. The van der Waals surface area contributed by atoms with Gasteiger partial charge in [0.15, 0.2) is 0 Å². The second kappa shape index (κ2) is 4.82. The fourth-order valence-corrected chi connectivity index (χ4v) is 1.49. The topological polar surface area (TPSA) is 35.2 Å². The Morgan fingerprint density at radius 3 is 2.71 bits per heavy atom. The minimum atomic E-state index is 0.0892. The molecule has 2 atom stereocenters. The molecule has 0 saturated carbocycles. The van der Waals surface area contributed by atoms with Gasteiger partial charge in [-0.15, -0.1) is 5.92 Å². The van der Waals surface area contributed by atoms with Crippen LogP contribution in [0.25, 0.3) is 0 Å². The summed E-state index contributed by atoms with van der Waals surface area (Å²) in [5.74, 6) is 6.89. The summed E-state index contributed by atoms with van der Waals surface area (Å²) in [7, 11) is 0. The average molecular weight is 195 g/mol. The molecule has 14 heavy (non-hydrogen) atoms. The summed E-state index contributed by atoms with van der Waals surface area (Å²) in [6.07, 6.45) is 1.89. The van der Waals surface area contributed by atoms with Crippen LogP contribution in [0.1, 0.15) is 33.6 Å². The largest absolute Gasteiger partial charge is 0.381 e. The molecule has 2 unspecified atom stereocenters. The van der Waals surface area contributed by atoms with E-state index >= 15 is 0 Å². The third-order valence-electron chi connectivity index (χ3n) is 2.37. The number of ether oxygens (including phenoxy) is 1. The van der Waals surface area contributed by atoms with Gasteiger partial charge >= 0.3 is 0 Å². The number of nitrogens with two attached hydrogens (primary N) is 1. The monoisotopic (exact) mass is 195 g/mol. The van der Waals surface area contributed by atoms with Gasteiger partial charge < -0.3 is 10.5 Å². The smallest absolute Gasteiger partial charge is 0.0510 e. The van der Waals surface area contributed by atoms with Gasteiger partial charge in [0.1, 0.15) is 0 Å². The molecule has 1 rings (SSSR count). The molecule has 2 nitrogen and oxygen atoms in total. The molecule has 2 heteroatoms. The lowest BCUT2D eigenvalue weighted by Gasteiger charge is -2.14. The lowest BCUT2D eigenvalue weighted by Crippen LogP contribution is -2.29. The molecular formula is C12H21NO. The third kappa shape index (κ3) is 4.13. The Morgan fingerprint density at radius 1 is 1.50 bits per heavy atom. The van der Waals surface area contributed by atoms with Gasteiger partial charge in [0, 0.05) is 30.4 Å². The zero-order valence-electron chi connectivity index (χ0n) is 9.47. The van der Waals surface area contributed by atoms with Crippen LogP contribution in [-0.4, -0.2) is 19.3 Å². The van der Waals surface area contributed by atoms with Gasteiger partial charge in [-0.2, -0.15) is 0 Å². The molecule has 0 radical (unpaired) electrons. The predicted molar refractivity (Wildman–Crippen MR) is 58.7 cm³/mol. The summed E-state index contributed by atoms with van der Waals surface area (Å²) in [5.41, 5.74) is 6.12. The Labute approximate surface area is 87.2 Å². The van der Waals surface area contributed by atoms with Crippen molar-refractivity contribution in [2.45, 2.75) is 39.7 Å². The molecule has 80 valence electrons. The minimum Gasteiger partial charge on any atom is -0.381 e. The van der Waals surface area contributed by atoms with E-state index in [1.54, 1.807) is 0 Å². The number of hydrogen-bond acceptors (Lipinski definition) is 2. The van der Waals surface area contributed by atoms with E-state index in [2.05, 4.69) is 32.6 Å². The lowest BCUT2D eigenvalue weighted by molar-refractivity contribution is 0.181. The average Bonchev–Trinajstić information content (AvgIpc) is 2.53. The third-order valence-corrected chi connectivity index (χ3v) is 2.37. The maximum absolute atomic E-state index is 6.03. The first kappa shape index (κ1) is 11.6. The fraction of sp³-hybridized carbons (Fsp3) is 0.833. The van der Waals surface area contributed by atoms with Crippen molar-refractivity contribution in [2.24, 2.45) is 17.1 Å². The molecule has 1 fully saturated rings. The maximum atomic E-state index is 6.03. The second-order valence-corrected chi connectivity index (χ2v) is 5.04. The SMILES string of the molecule is CC(C)(C)C#CCC(N)C1CCOC1. The predicted octanol–water partition coefficient (Wildman–Crippen LogP) is 1.79. The Morgan fingerprint density at radius 2 is 2.21 bits per heavy atom. The summed E-state index contributed by atoms with van der Waals surface area (Å²) in [6, 6.07) is 0.187. The van der Waals surface area contributed by atoms with E-state index in [-0.39, 0.29) is 11.5 Å². The van der Waals surface area contributed by atoms with Gasteiger partial charge in [-0.3, -0.25) is 0 Å². The summed E-state index contributed by atoms with van der Waals surface area (Å²) in [5, 5.41) is 0. The molecule has 1 aliphatic heterocycles. The van der Waals surface area contributed by atoms with Crippen LogP contribution in [-0.2, 0) is 4.74 Å². The lowest BCUT2D eigenvalue weighted by atomic mass is 9.94. The van der Waals surface area contributed by atoms with Crippen LogP contribution < -0.4 is 5.73 Å². The van der Waals surface area contributed by atoms with Crippen molar-refractivity contribution >= 4 is 0 Å². The van der Waals surface area contributed by atoms with E-state index in [0.29, 0.717) is 5.92 Å². The van der Waals surface area contributed by atoms with Crippen LogP contribution in [0.4, 0.5) is 0 Å². The van der Waals surface area contributed by atoms with Crippen LogP contribution in [0.5, 0.6) is 0 Å². The highest BCUT2D eigenvalue weighted by Crippen LogP contribution is 2.17. The first-order valence-corrected chi connectivity index (χ1v) is 5.32. The van der Waals surface area contributed by atoms with Crippen LogP contribution in [0, 0.1) is 23.2 Å². The maximum Gasteiger partial charge on any atom is 0.0510 e. The van der Waals surface area contributed by atoms with Crippen molar-refractivity contribution in [1.29, 1.82) is 0 Å². The van der Waals surface area contributed by atoms with Crippen LogP contribution in [0.3, 0.4) is 0 Å². The Kier molecular flexibility index (Phi) is 3.97. The molecule has 0 aromatic heterocycles. The highest BCUT2D eigenvalue weighted by Gasteiger charge is 2.21. The second-order valence-electron chi connectivity index (χ2n) is 5.04. The van der Waals surface area contributed by atoms with Crippen molar-refractivity contribution in [3.8, 4) is 11.8 Å². The number of rotatable bonds is 2. The Balaban J connectivity index is 2.32. The van der Waals surface area contributed by atoms with E-state index in [1.165, 1.54) is 0 Å². The van der Waals surface area contributed by atoms with E-state index in [1.807, 2.05) is 0 Å². The van der Waals surface area contributed by atoms with Crippen molar-refractivity contribution in [3.63, 3.8) is 0 Å². The molecular weight excluding hydrogens is 174 g/mol. The van der Waals surface area contributed by atoms with Crippen LogP contribution >= 0.6 is 0 Å². The van der Waals surface area contributed by atoms with Gasteiger partial charge in [0.05, 0.1) is 6.61 Å². The summed E-state index contributed by atoms with van der Waals surface area (Å²) in [4.78, 5) is 0. The molecule has 1 aliphatic rings. The van der Waals surface area contributed by atoms with Gasteiger partial charge in [0.2, 0.25) is 0 Å². The molecule has 0 spiro atoms. The summed E-state index contributed by atoms with van der Waals surface area (Å²) in [6.45, 7) is 8.03. The molecule has 2 N–H and O–H groups in total. The summed E-state index contributed by atoms with van der Waals surface area (Å²) < 4.78 is 5.30. The van der Waals surface area contributed by atoms with Gasteiger partial charge in [-0.1, -0.05) is 5.92 Å². The first-order chi connectivity index (χ1) is 6.49. The molecule has 0 amide bonds. The molecule has 1 saturated heterocycles. The van der Waals surface area contributed by atoms with Crippen molar-refractivity contribution in [1.82, 2.24) is 0 Å². The number of hydrogen-bond donors (Lipinski definition) is 1. The highest BCUT2D eigenvalue weighted by molar-refractivity contribution is 5.08. The van der Waals surface area contributed by atoms with E-state index < -0.39 is 0 Å². The van der Waals surface area contributed by atoms with Crippen molar-refractivity contribution < 1.29 is 4.74 Å². The first-order valence-electron chi connectivity index (χ1n) is 5.32. The minimum absolute atomic E-state index is 0.0892. The molecule has 0 aromatic rings. The van der Waals surface area contributed by atoms with Crippen molar-refractivity contribution in [3.05, 3.63) is 0 Å². The molecule has 0 bridgehead atoms. The van der Waals surface area contributed by atoms with E-state index in [0.717, 1.165) is 26.1 Å². The zero-order chi connectivity index (χ0) is 10.6. The van der Waals surface area contributed by atoms with Gasteiger partial charge in [0.25, 0.3) is 0 Å². The van der Waals surface area contributed by atoms with Crippen molar-refractivity contribution in [2.75, 3.05) is 13.2 Å². The Hall–Kier alpha value is -0.520. The molecule has 1 heterocycles. The van der Waals surface area contributed by atoms with Gasteiger partial charge in [-0.05, 0) is 27.2 Å². The highest BCUT2D eigenvalue weighted by atomic mass is 16.5. The van der Waals surface area contributed by atoms with Crippen LogP contribution in [0.15, 0.2) is 0 Å². The van der Waals surface area contributed by atoms with E-state index in [4.69, 9.17) is 10.5 Å².